The molecule has 4 heteroatoms. The van der Waals surface area contributed by atoms with Crippen LogP contribution in [0.15, 0.2) is 6.20 Å². The van der Waals surface area contributed by atoms with Gasteiger partial charge in [-0.05, 0) is 24.3 Å². The number of hydrogen-bond donors (Lipinski definition) is 1. The summed E-state index contributed by atoms with van der Waals surface area (Å²) in [4.78, 5) is 16.1. The molecular formula is C15H19N3O. The van der Waals surface area contributed by atoms with Crippen LogP contribution in [-0.4, -0.2) is 22.0 Å². The molecule has 3 rings (SSSR count). The molecule has 1 saturated carbocycles. The number of rotatable bonds is 0. The lowest BCUT2D eigenvalue weighted by Gasteiger charge is -2.51. The second-order valence-electron chi connectivity index (χ2n) is 6.71. The zero-order valence-electron chi connectivity index (χ0n) is 11.7. The Balaban J connectivity index is 2.15. The van der Waals surface area contributed by atoms with Crippen molar-refractivity contribution in [3.8, 4) is 0 Å². The Morgan fingerprint density at radius 1 is 1.47 bits per heavy atom. The summed E-state index contributed by atoms with van der Waals surface area (Å²) in [6, 6.07) is -0.509. The van der Waals surface area contributed by atoms with Gasteiger partial charge in [0.25, 0.3) is 6.04 Å². The minimum absolute atomic E-state index is 0.118. The summed E-state index contributed by atoms with van der Waals surface area (Å²) in [7, 11) is 0. The third-order valence-electron chi connectivity index (χ3n) is 5.34. The molecule has 1 aromatic heterocycles. The second kappa shape index (κ2) is 3.69. The van der Waals surface area contributed by atoms with Crippen molar-refractivity contribution < 1.29 is 4.79 Å². The Morgan fingerprint density at radius 3 is 2.89 bits per heavy atom. The van der Waals surface area contributed by atoms with Crippen molar-refractivity contribution in [3.63, 3.8) is 0 Å². The van der Waals surface area contributed by atoms with Crippen LogP contribution in [0.2, 0.25) is 0 Å². The van der Waals surface area contributed by atoms with Gasteiger partial charge in [0.2, 0.25) is 5.78 Å². The molecule has 1 aromatic rings. The first-order chi connectivity index (χ1) is 8.91. The Labute approximate surface area is 113 Å². The molecule has 1 heterocycles. The summed E-state index contributed by atoms with van der Waals surface area (Å²) in [5.74, 6) is 0.409. The molecule has 1 unspecified atom stereocenters. The third-order valence-corrected chi connectivity index (χ3v) is 5.34. The maximum atomic E-state index is 12.5. The number of Topliss-reactive ketones (excluding diaryl/α,β-unsaturated/α-hetero) is 1. The lowest BCUT2D eigenvalue weighted by Crippen LogP contribution is -2.56. The summed E-state index contributed by atoms with van der Waals surface area (Å²) in [6.07, 6.45) is 4.50. The quantitative estimate of drug-likeness (QED) is 0.726. The van der Waals surface area contributed by atoms with Crippen molar-refractivity contribution in [1.82, 2.24) is 10.2 Å². The van der Waals surface area contributed by atoms with Crippen molar-refractivity contribution in [2.45, 2.75) is 51.5 Å². The Morgan fingerprint density at radius 2 is 2.21 bits per heavy atom. The summed E-state index contributed by atoms with van der Waals surface area (Å²) >= 11 is 0. The van der Waals surface area contributed by atoms with Crippen LogP contribution in [0, 0.1) is 17.9 Å². The fraction of sp³-hybridized carbons (Fsp3) is 0.667. The summed E-state index contributed by atoms with van der Waals surface area (Å²) in [5.41, 5.74) is 1.85. The molecule has 4 nitrogen and oxygen atoms in total. The van der Waals surface area contributed by atoms with Crippen LogP contribution in [0.1, 0.15) is 44.9 Å². The Bertz CT molecular complexity index is 580. The number of fused-ring (bicyclic) bond motifs is 3. The van der Waals surface area contributed by atoms with Crippen molar-refractivity contribution >= 4 is 5.78 Å². The van der Waals surface area contributed by atoms with Crippen LogP contribution in [0.25, 0.3) is 4.85 Å². The smallest absolute Gasteiger partial charge is 0.282 e. The van der Waals surface area contributed by atoms with Gasteiger partial charge in [0.1, 0.15) is 0 Å². The molecule has 2 aliphatic rings. The van der Waals surface area contributed by atoms with Gasteiger partial charge in [0.05, 0.1) is 6.20 Å². The number of nitrogens with zero attached hydrogens (tertiary/aromatic N) is 2. The van der Waals surface area contributed by atoms with E-state index >= 15 is 0 Å². The molecule has 0 bridgehead atoms. The van der Waals surface area contributed by atoms with E-state index in [1.165, 1.54) is 5.56 Å². The number of aryl methyl sites for hydroxylation is 1. The molecule has 0 amide bonds. The number of aromatic amines is 1. The number of nitrogens with one attached hydrogen (secondary N) is 1. The molecule has 1 fully saturated rings. The van der Waals surface area contributed by atoms with Crippen molar-refractivity contribution in [3.05, 3.63) is 28.9 Å². The van der Waals surface area contributed by atoms with E-state index < -0.39 is 11.5 Å². The highest BCUT2D eigenvalue weighted by molar-refractivity contribution is 5.92. The fourth-order valence-corrected chi connectivity index (χ4v) is 4.39. The highest BCUT2D eigenvalue weighted by atomic mass is 16.1. The summed E-state index contributed by atoms with van der Waals surface area (Å²) in [5, 5.41) is 7.30. The molecule has 3 atom stereocenters. The van der Waals surface area contributed by atoms with Gasteiger partial charge in [0, 0.05) is 22.9 Å². The molecule has 0 aliphatic heterocycles. The van der Waals surface area contributed by atoms with E-state index in [0.717, 1.165) is 18.5 Å². The third kappa shape index (κ3) is 1.44. The van der Waals surface area contributed by atoms with E-state index in [1.54, 1.807) is 0 Å². The monoisotopic (exact) mass is 257 g/mol. The van der Waals surface area contributed by atoms with Gasteiger partial charge in [-0.2, -0.15) is 5.10 Å². The van der Waals surface area contributed by atoms with Crippen molar-refractivity contribution in [1.29, 1.82) is 0 Å². The fourth-order valence-electron chi connectivity index (χ4n) is 4.39. The van der Waals surface area contributed by atoms with Crippen molar-refractivity contribution in [2.75, 3.05) is 0 Å². The summed E-state index contributed by atoms with van der Waals surface area (Å²) < 4.78 is 0. The largest absolute Gasteiger partial charge is 0.305 e. The van der Waals surface area contributed by atoms with Crippen LogP contribution in [0.5, 0.6) is 0 Å². The van der Waals surface area contributed by atoms with Crippen LogP contribution < -0.4 is 0 Å². The molecular weight excluding hydrogens is 238 g/mol. The van der Waals surface area contributed by atoms with Crippen LogP contribution in [0.4, 0.5) is 0 Å². The minimum atomic E-state index is -0.509. The number of aromatic nitrogens is 2. The molecule has 19 heavy (non-hydrogen) atoms. The maximum absolute atomic E-state index is 12.5. The Hall–Kier alpha value is -1.63. The highest BCUT2D eigenvalue weighted by Gasteiger charge is 2.60. The van der Waals surface area contributed by atoms with Crippen LogP contribution >= 0.6 is 0 Å². The molecule has 1 N–H and O–H groups in total. The van der Waals surface area contributed by atoms with Gasteiger partial charge in [-0.15, -0.1) is 0 Å². The normalized spacial score (nSPS) is 36.2. The van der Waals surface area contributed by atoms with Gasteiger partial charge < -0.3 is 4.85 Å². The zero-order valence-corrected chi connectivity index (χ0v) is 11.7. The van der Waals surface area contributed by atoms with E-state index in [0.29, 0.717) is 12.3 Å². The lowest BCUT2D eigenvalue weighted by molar-refractivity contribution is -0.137. The minimum Gasteiger partial charge on any atom is -0.305 e. The van der Waals surface area contributed by atoms with Gasteiger partial charge in [-0.25, -0.2) is 6.57 Å². The van der Waals surface area contributed by atoms with Gasteiger partial charge in [-0.3, -0.25) is 9.89 Å². The molecule has 0 radical (unpaired) electrons. The molecule has 2 aliphatic carbocycles. The first-order valence-electron chi connectivity index (χ1n) is 6.85. The Kier molecular flexibility index (Phi) is 2.41. The maximum Gasteiger partial charge on any atom is 0.282 e. The number of carbonyl (C=O) groups is 1. The predicted octanol–water partition coefficient (Wildman–Crippen LogP) is 2.52. The summed E-state index contributed by atoms with van der Waals surface area (Å²) in [6.45, 7) is 13.5. The average Bonchev–Trinajstić information content (AvgIpc) is 2.83. The number of ketones is 1. The molecule has 0 aromatic carbocycles. The zero-order chi connectivity index (χ0) is 13.8. The van der Waals surface area contributed by atoms with E-state index in [-0.39, 0.29) is 11.2 Å². The number of hydrogen-bond acceptors (Lipinski definition) is 2. The van der Waals surface area contributed by atoms with Crippen LogP contribution in [-0.2, 0) is 16.6 Å². The average molecular weight is 257 g/mol. The topological polar surface area (TPSA) is 50.1 Å². The first kappa shape index (κ1) is 12.4. The van der Waals surface area contributed by atoms with E-state index in [1.807, 2.05) is 20.0 Å². The van der Waals surface area contributed by atoms with Crippen molar-refractivity contribution in [2.24, 2.45) is 11.3 Å². The second-order valence-corrected chi connectivity index (χ2v) is 6.71. The molecule has 0 saturated heterocycles. The van der Waals surface area contributed by atoms with Gasteiger partial charge in [-0.1, -0.05) is 20.8 Å². The SMILES string of the molecule is [C-]#[N+]C1C[C@]2(C)c3[nH]ncc3CC[C@H]2C(C)(C)C1=O. The standard InChI is InChI=1S/C15H19N3O/c1-14(2)11-6-5-9-8-17-18-12(9)15(11,3)7-10(16-4)13(14)19/h8,10-11H,5-7H2,1-3H3,(H,17,18)/t10?,11-,15-/m0/s1. The van der Waals surface area contributed by atoms with E-state index in [2.05, 4.69) is 22.0 Å². The van der Waals surface area contributed by atoms with Gasteiger partial charge in [0.15, 0.2) is 0 Å². The van der Waals surface area contributed by atoms with Gasteiger partial charge >= 0.3 is 0 Å². The molecule has 100 valence electrons. The lowest BCUT2D eigenvalue weighted by atomic mass is 9.50. The van der Waals surface area contributed by atoms with E-state index in [9.17, 15) is 4.79 Å². The predicted molar refractivity (Wildman–Crippen MR) is 71.5 cm³/mol. The highest BCUT2D eigenvalue weighted by Crippen LogP contribution is 2.55. The molecule has 0 spiro atoms. The van der Waals surface area contributed by atoms with Crippen LogP contribution in [0.3, 0.4) is 0 Å². The number of H-pyrrole nitrogens is 1. The van der Waals surface area contributed by atoms with E-state index in [4.69, 9.17) is 6.57 Å². The first-order valence-corrected chi connectivity index (χ1v) is 6.85. The number of carbonyl (C=O) groups excluding carboxylic acids is 1.